The number of furan rings is 1. The number of nitrogens with zero attached hydrogens (tertiary/aromatic N) is 6. The van der Waals surface area contributed by atoms with Crippen molar-refractivity contribution in [3.8, 4) is 17.1 Å². The molecule has 0 radical (unpaired) electrons. The minimum Gasteiger partial charge on any atom is -0.481 e. The SMILES string of the molecule is CC(=O)NC(CC(=O)O)C(=O)NC(CC(=O)O)C(=O)NC(CC(=O)O)C(=O)N(C)CCN(CCCN1CCOCC1)C(=O)Oc1c(Cc2ccco2)nc2c(Cc3ccccc3)nc(-c3ccccc3)cn12. The molecule has 0 saturated carbocycles. The summed E-state index contributed by atoms with van der Waals surface area (Å²) in [6.07, 6.45) is 0.542. The second-order valence-electron chi connectivity index (χ2n) is 17.0. The standard InChI is InChI=1S/C49H57N9O14/c1-31(59)50-36(27-41(60)61)45(66)53-37(28-42(62)63)46(67)54-38(29-43(64)65)47(68)55(2)18-19-57(17-10-16-56-20-23-70-24-21-56)49(69)72-48-39(26-34-15-9-22-71-34)52-44-35(25-32-11-5-3-6-12-32)51-40(30-58(44)48)33-13-7-4-8-14-33/h3-9,11-15,22,30,36-38H,10,16-21,23-29H2,1-2H3,(H,50,59)(H,53,66)(H,54,67)(H,60,61)(H,62,63)(H,64,65). The zero-order chi connectivity index (χ0) is 51.7. The van der Waals surface area contributed by atoms with Gasteiger partial charge in [-0.3, -0.25) is 42.9 Å². The normalized spacial score (nSPS) is 13.8. The molecule has 23 nitrogen and oxygen atoms in total. The summed E-state index contributed by atoms with van der Waals surface area (Å²) in [6, 6.07) is 17.3. The molecule has 5 amide bonds. The third kappa shape index (κ3) is 15.4. The lowest BCUT2D eigenvalue weighted by atomic mass is 10.1. The first-order valence-electron chi connectivity index (χ1n) is 23.1. The summed E-state index contributed by atoms with van der Waals surface area (Å²) >= 11 is 0. The molecule has 1 aliphatic rings. The number of hydrogen-bond acceptors (Lipinski definition) is 14. The molecule has 0 bridgehead atoms. The van der Waals surface area contributed by atoms with E-state index in [2.05, 4.69) is 20.9 Å². The number of morpholine rings is 1. The van der Waals surface area contributed by atoms with E-state index >= 15 is 0 Å². The number of imidazole rings is 1. The van der Waals surface area contributed by atoms with Crippen molar-refractivity contribution >= 4 is 53.3 Å². The van der Waals surface area contributed by atoms with Crippen LogP contribution in [-0.4, -0.2) is 170 Å². The predicted octanol–water partition coefficient (Wildman–Crippen LogP) is 2.05. The maximum absolute atomic E-state index is 14.7. The molecule has 1 saturated heterocycles. The molecule has 3 aromatic heterocycles. The fourth-order valence-electron chi connectivity index (χ4n) is 7.92. The van der Waals surface area contributed by atoms with Gasteiger partial charge in [-0.2, -0.15) is 0 Å². The van der Waals surface area contributed by atoms with E-state index in [1.54, 1.807) is 22.7 Å². The van der Waals surface area contributed by atoms with Gasteiger partial charge in [-0.05, 0) is 24.1 Å². The Labute approximate surface area is 413 Å². The Morgan fingerprint density at radius 2 is 1.33 bits per heavy atom. The molecular formula is C49H57N9O14. The van der Waals surface area contributed by atoms with Gasteiger partial charge in [-0.1, -0.05) is 60.7 Å². The summed E-state index contributed by atoms with van der Waals surface area (Å²) in [4.78, 5) is 117. The average Bonchev–Trinajstić information content (AvgIpc) is 3.99. The van der Waals surface area contributed by atoms with Crippen molar-refractivity contribution in [2.45, 2.75) is 63.6 Å². The number of benzene rings is 2. The van der Waals surface area contributed by atoms with Gasteiger partial charge >= 0.3 is 24.0 Å². The third-order valence-corrected chi connectivity index (χ3v) is 11.5. The summed E-state index contributed by atoms with van der Waals surface area (Å²) in [5.41, 5.74) is 3.78. The maximum Gasteiger partial charge on any atom is 0.416 e. The van der Waals surface area contributed by atoms with E-state index in [9.17, 15) is 53.7 Å². The number of nitrogens with one attached hydrogen (secondary N) is 3. The van der Waals surface area contributed by atoms with Gasteiger partial charge in [0.1, 0.15) is 29.6 Å². The Balaban J connectivity index is 1.27. The van der Waals surface area contributed by atoms with Crippen LogP contribution in [0.5, 0.6) is 5.88 Å². The Hall–Kier alpha value is -8.18. The molecular weight excluding hydrogens is 939 g/mol. The van der Waals surface area contributed by atoms with Gasteiger partial charge in [0.15, 0.2) is 5.65 Å². The number of aromatic nitrogens is 3. The highest BCUT2D eigenvalue weighted by molar-refractivity contribution is 5.97. The van der Waals surface area contributed by atoms with Crippen LogP contribution >= 0.6 is 0 Å². The van der Waals surface area contributed by atoms with Crippen molar-refractivity contribution in [2.24, 2.45) is 0 Å². The lowest BCUT2D eigenvalue weighted by Crippen LogP contribution is -2.58. The first-order valence-corrected chi connectivity index (χ1v) is 23.1. The van der Waals surface area contributed by atoms with Gasteiger partial charge in [0, 0.05) is 71.4 Å². The largest absolute Gasteiger partial charge is 0.481 e. The number of fused-ring (bicyclic) bond motifs is 1. The van der Waals surface area contributed by atoms with Gasteiger partial charge in [-0.25, -0.2) is 14.8 Å². The molecule has 23 heteroatoms. The molecule has 1 fully saturated rings. The lowest BCUT2D eigenvalue weighted by Gasteiger charge is -2.30. The quantitative estimate of drug-likeness (QED) is 0.0488. The number of carbonyl (C=O) groups is 8. The van der Waals surface area contributed by atoms with E-state index in [4.69, 9.17) is 23.9 Å². The summed E-state index contributed by atoms with van der Waals surface area (Å²) < 4.78 is 19.2. The molecule has 0 spiro atoms. The van der Waals surface area contributed by atoms with E-state index in [1.807, 2.05) is 60.7 Å². The summed E-state index contributed by atoms with van der Waals surface area (Å²) in [5, 5.41) is 35.0. The fraction of sp³-hybridized carbons (Fsp3) is 0.388. The Bertz CT molecular complexity index is 2680. The monoisotopic (exact) mass is 995 g/mol. The Morgan fingerprint density at radius 1 is 0.722 bits per heavy atom. The number of amides is 5. The number of carboxylic acids is 3. The molecule has 3 atom stereocenters. The maximum atomic E-state index is 14.7. The Morgan fingerprint density at radius 3 is 1.94 bits per heavy atom. The van der Waals surface area contributed by atoms with Crippen molar-refractivity contribution in [1.29, 1.82) is 0 Å². The van der Waals surface area contributed by atoms with Crippen molar-refractivity contribution in [1.82, 2.24) is 45.0 Å². The number of rotatable bonds is 25. The van der Waals surface area contributed by atoms with Crippen molar-refractivity contribution < 1.29 is 67.6 Å². The first kappa shape index (κ1) is 53.2. The molecule has 6 rings (SSSR count). The highest BCUT2D eigenvalue weighted by atomic mass is 16.6. The smallest absolute Gasteiger partial charge is 0.416 e. The summed E-state index contributed by atoms with van der Waals surface area (Å²) in [7, 11) is 1.32. The first-order chi connectivity index (χ1) is 34.5. The molecule has 0 aliphatic carbocycles. The number of ether oxygens (including phenoxy) is 2. The van der Waals surface area contributed by atoms with Crippen LogP contribution in [0.25, 0.3) is 16.9 Å². The fourth-order valence-corrected chi connectivity index (χ4v) is 7.92. The van der Waals surface area contributed by atoms with E-state index < -0.39 is 85.0 Å². The molecule has 5 aromatic rings. The van der Waals surface area contributed by atoms with Gasteiger partial charge < -0.3 is 55.0 Å². The highest BCUT2D eigenvalue weighted by Crippen LogP contribution is 2.30. The van der Waals surface area contributed by atoms with Crippen LogP contribution in [0.3, 0.4) is 0 Å². The molecule has 2 aromatic carbocycles. The second kappa shape index (κ2) is 25.6. The number of aliphatic carboxylic acids is 3. The molecule has 3 unspecified atom stereocenters. The van der Waals surface area contributed by atoms with Crippen LogP contribution in [0.15, 0.2) is 89.7 Å². The number of carboxylic acid groups (broad SMARTS) is 3. The number of likely N-dealkylation sites (N-methyl/N-ethyl adjacent to an activating group) is 1. The molecule has 6 N–H and O–H groups in total. The topological polar surface area (TPSA) is 305 Å². The van der Waals surface area contributed by atoms with Crippen molar-refractivity contribution in [2.75, 3.05) is 59.5 Å². The van der Waals surface area contributed by atoms with Gasteiger partial charge in [0.25, 0.3) is 0 Å². The van der Waals surface area contributed by atoms with Crippen LogP contribution < -0.4 is 20.7 Å². The highest BCUT2D eigenvalue weighted by Gasteiger charge is 2.34. The summed E-state index contributed by atoms with van der Waals surface area (Å²) in [6.45, 7) is 3.88. The number of hydrogen-bond donors (Lipinski definition) is 6. The van der Waals surface area contributed by atoms with Crippen LogP contribution in [0.1, 0.15) is 55.3 Å². The van der Waals surface area contributed by atoms with Crippen LogP contribution in [-0.2, 0) is 51.1 Å². The van der Waals surface area contributed by atoms with Crippen molar-refractivity contribution in [3.05, 3.63) is 108 Å². The zero-order valence-electron chi connectivity index (χ0n) is 39.7. The van der Waals surface area contributed by atoms with Crippen molar-refractivity contribution in [3.63, 3.8) is 0 Å². The molecule has 382 valence electrons. The molecule has 72 heavy (non-hydrogen) atoms. The predicted molar refractivity (Wildman–Crippen MR) is 255 cm³/mol. The lowest BCUT2D eigenvalue weighted by molar-refractivity contribution is -0.145. The molecule has 1 aliphatic heterocycles. The van der Waals surface area contributed by atoms with Crippen LogP contribution in [0, 0.1) is 0 Å². The van der Waals surface area contributed by atoms with Gasteiger partial charge in [0.2, 0.25) is 29.5 Å². The molecule has 4 heterocycles. The van der Waals surface area contributed by atoms with Gasteiger partial charge in [-0.15, -0.1) is 0 Å². The second-order valence-corrected chi connectivity index (χ2v) is 17.0. The average molecular weight is 996 g/mol. The minimum atomic E-state index is -1.93. The van der Waals surface area contributed by atoms with Crippen LogP contribution in [0.2, 0.25) is 0 Å². The Kier molecular flexibility index (Phi) is 18.9. The third-order valence-electron chi connectivity index (χ3n) is 11.5. The van der Waals surface area contributed by atoms with E-state index in [1.165, 1.54) is 18.2 Å². The van der Waals surface area contributed by atoms with E-state index in [0.29, 0.717) is 74.2 Å². The van der Waals surface area contributed by atoms with E-state index in [-0.39, 0.29) is 31.9 Å². The zero-order valence-corrected chi connectivity index (χ0v) is 39.7. The van der Waals surface area contributed by atoms with E-state index in [0.717, 1.165) is 23.0 Å². The van der Waals surface area contributed by atoms with Gasteiger partial charge in [0.05, 0.1) is 56.5 Å². The number of carbonyl (C=O) groups excluding carboxylic acids is 5. The van der Waals surface area contributed by atoms with Crippen LogP contribution in [0.4, 0.5) is 4.79 Å². The summed E-state index contributed by atoms with van der Waals surface area (Å²) in [5.74, 6) is -8.17. The minimum absolute atomic E-state index is 0.0986.